The van der Waals surface area contributed by atoms with Crippen LogP contribution in [-0.2, 0) is 0 Å². The molecule has 1 aliphatic heterocycles. The molecular weight excluding hydrogens is 234 g/mol. The third-order valence-corrected chi connectivity index (χ3v) is 4.50. The highest BCUT2D eigenvalue weighted by atomic mass is 16.5. The van der Waals surface area contributed by atoms with Gasteiger partial charge in [0.15, 0.2) is 0 Å². The molecule has 1 aromatic carbocycles. The van der Waals surface area contributed by atoms with E-state index >= 15 is 0 Å². The Morgan fingerprint density at radius 1 is 0.895 bits per heavy atom. The summed E-state index contributed by atoms with van der Waals surface area (Å²) >= 11 is 0. The minimum absolute atomic E-state index is 0.495. The molecule has 0 aromatic heterocycles. The minimum atomic E-state index is 0.495. The van der Waals surface area contributed by atoms with Crippen molar-refractivity contribution in [2.45, 2.75) is 63.5 Å². The van der Waals surface area contributed by atoms with E-state index in [1.54, 1.807) is 0 Å². The van der Waals surface area contributed by atoms with Gasteiger partial charge in [0.2, 0.25) is 0 Å². The van der Waals surface area contributed by atoms with Crippen molar-refractivity contribution in [2.75, 3.05) is 6.61 Å². The quantitative estimate of drug-likeness (QED) is 0.859. The van der Waals surface area contributed by atoms with Gasteiger partial charge < -0.3 is 10.1 Å². The lowest BCUT2D eigenvalue weighted by molar-refractivity contribution is 0.236. The molecule has 1 fully saturated rings. The first-order valence-corrected chi connectivity index (χ1v) is 7.91. The van der Waals surface area contributed by atoms with Crippen molar-refractivity contribution in [3.63, 3.8) is 0 Å². The maximum Gasteiger partial charge on any atom is 0.124 e. The van der Waals surface area contributed by atoms with E-state index in [1.807, 2.05) is 0 Å². The van der Waals surface area contributed by atoms with Gasteiger partial charge in [-0.25, -0.2) is 0 Å². The summed E-state index contributed by atoms with van der Waals surface area (Å²) in [5, 5.41) is 3.90. The van der Waals surface area contributed by atoms with Gasteiger partial charge in [-0.1, -0.05) is 50.3 Å². The van der Waals surface area contributed by atoms with Crippen molar-refractivity contribution in [1.82, 2.24) is 5.32 Å². The van der Waals surface area contributed by atoms with E-state index in [0.29, 0.717) is 12.1 Å². The van der Waals surface area contributed by atoms with E-state index in [4.69, 9.17) is 4.74 Å². The molecule has 19 heavy (non-hydrogen) atoms. The summed E-state index contributed by atoms with van der Waals surface area (Å²) in [5.41, 5.74) is 1.36. The van der Waals surface area contributed by atoms with E-state index in [-0.39, 0.29) is 0 Å². The van der Waals surface area contributed by atoms with Crippen LogP contribution in [0.1, 0.15) is 63.0 Å². The Morgan fingerprint density at radius 3 is 2.47 bits per heavy atom. The van der Waals surface area contributed by atoms with Crippen molar-refractivity contribution < 1.29 is 4.74 Å². The van der Waals surface area contributed by atoms with Crippen LogP contribution >= 0.6 is 0 Å². The number of nitrogens with one attached hydrogen (secondary N) is 1. The lowest BCUT2D eigenvalue weighted by Crippen LogP contribution is -2.36. The van der Waals surface area contributed by atoms with E-state index in [1.165, 1.54) is 50.5 Å². The lowest BCUT2D eigenvalue weighted by atomic mass is 9.94. The topological polar surface area (TPSA) is 21.3 Å². The van der Waals surface area contributed by atoms with Crippen LogP contribution in [0.2, 0.25) is 0 Å². The molecule has 1 saturated carbocycles. The number of hydrogen-bond acceptors (Lipinski definition) is 2. The maximum absolute atomic E-state index is 5.75. The molecule has 1 N–H and O–H groups in total. The zero-order chi connectivity index (χ0) is 12.9. The van der Waals surface area contributed by atoms with Gasteiger partial charge in [0.25, 0.3) is 0 Å². The van der Waals surface area contributed by atoms with Gasteiger partial charge in [0, 0.05) is 24.1 Å². The lowest BCUT2D eigenvalue weighted by Gasteiger charge is -2.31. The van der Waals surface area contributed by atoms with Gasteiger partial charge in [-0.2, -0.15) is 0 Å². The van der Waals surface area contributed by atoms with E-state index in [0.717, 1.165) is 18.8 Å². The van der Waals surface area contributed by atoms with Crippen molar-refractivity contribution in [3.05, 3.63) is 29.8 Å². The fourth-order valence-corrected chi connectivity index (χ4v) is 3.42. The maximum atomic E-state index is 5.75. The molecule has 1 atom stereocenters. The Hall–Kier alpha value is -1.02. The Morgan fingerprint density at radius 2 is 1.63 bits per heavy atom. The number of fused-ring (bicyclic) bond motifs is 1. The molecule has 0 radical (unpaired) electrons. The number of hydrogen-bond donors (Lipinski definition) is 1. The zero-order valence-electron chi connectivity index (χ0n) is 11.7. The van der Waals surface area contributed by atoms with Gasteiger partial charge in [-0.3, -0.25) is 0 Å². The molecule has 1 aromatic rings. The summed E-state index contributed by atoms with van der Waals surface area (Å²) in [6, 6.07) is 9.71. The van der Waals surface area contributed by atoms with Crippen LogP contribution in [0.3, 0.4) is 0 Å². The Balaban J connectivity index is 1.66. The predicted octanol–water partition coefficient (Wildman–Crippen LogP) is 4.21. The molecule has 2 heteroatoms. The average Bonchev–Trinajstić information content (AvgIpc) is 2.42. The minimum Gasteiger partial charge on any atom is -0.493 e. The third kappa shape index (κ3) is 3.30. The average molecular weight is 259 g/mol. The summed E-state index contributed by atoms with van der Waals surface area (Å²) in [7, 11) is 0. The number of benzene rings is 1. The van der Waals surface area contributed by atoms with Crippen LogP contribution in [0.5, 0.6) is 5.75 Å². The number of ether oxygens (including phenoxy) is 1. The summed E-state index contributed by atoms with van der Waals surface area (Å²) in [6.45, 7) is 0.849. The second-order valence-electron chi connectivity index (χ2n) is 5.94. The fourth-order valence-electron chi connectivity index (χ4n) is 3.42. The molecule has 1 heterocycles. The van der Waals surface area contributed by atoms with Crippen LogP contribution in [-0.4, -0.2) is 12.6 Å². The molecule has 0 bridgehead atoms. The highest BCUT2D eigenvalue weighted by Gasteiger charge is 2.23. The molecule has 104 valence electrons. The normalized spacial score (nSPS) is 24.9. The Bertz CT molecular complexity index is 396. The molecule has 2 nitrogen and oxygen atoms in total. The van der Waals surface area contributed by atoms with Crippen LogP contribution in [0.25, 0.3) is 0 Å². The predicted molar refractivity (Wildman–Crippen MR) is 78.5 cm³/mol. The van der Waals surface area contributed by atoms with Crippen LogP contribution in [0.15, 0.2) is 24.3 Å². The summed E-state index contributed by atoms with van der Waals surface area (Å²) in [4.78, 5) is 0. The van der Waals surface area contributed by atoms with E-state index in [9.17, 15) is 0 Å². The van der Waals surface area contributed by atoms with Gasteiger partial charge in [0.1, 0.15) is 5.75 Å². The monoisotopic (exact) mass is 259 g/mol. The first kappa shape index (κ1) is 13.0. The third-order valence-electron chi connectivity index (χ3n) is 4.50. The smallest absolute Gasteiger partial charge is 0.124 e. The molecule has 0 saturated heterocycles. The van der Waals surface area contributed by atoms with E-state index < -0.39 is 0 Å². The largest absolute Gasteiger partial charge is 0.493 e. The molecule has 0 amide bonds. The molecule has 3 rings (SSSR count). The second-order valence-corrected chi connectivity index (χ2v) is 5.94. The van der Waals surface area contributed by atoms with Crippen molar-refractivity contribution in [3.8, 4) is 5.75 Å². The van der Waals surface area contributed by atoms with Gasteiger partial charge >= 0.3 is 0 Å². The molecule has 1 unspecified atom stereocenters. The first-order valence-electron chi connectivity index (χ1n) is 7.91. The van der Waals surface area contributed by atoms with Gasteiger partial charge in [-0.05, 0) is 18.9 Å². The van der Waals surface area contributed by atoms with Crippen molar-refractivity contribution in [1.29, 1.82) is 0 Å². The van der Waals surface area contributed by atoms with E-state index in [2.05, 4.69) is 29.6 Å². The van der Waals surface area contributed by atoms with Gasteiger partial charge in [0.05, 0.1) is 6.61 Å². The summed E-state index contributed by atoms with van der Waals surface area (Å²) < 4.78 is 5.75. The van der Waals surface area contributed by atoms with Crippen LogP contribution < -0.4 is 10.1 Å². The second kappa shape index (κ2) is 6.42. The van der Waals surface area contributed by atoms with Crippen molar-refractivity contribution >= 4 is 0 Å². The van der Waals surface area contributed by atoms with Crippen LogP contribution in [0.4, 0.5) is 0 Å². The van der Waals surface area contributed by atoms with Gasteiger partial charge in [-0.15, -0.1) is 0 Å². The molecular formula is C17H25NO. The zero-order valence-corrected chi connectivity index (χ0v) is 11.7. The molecule has 2 aliphatic rings. The van der Waals surface area contributed by atoms with Crippen molar-refractivity contribution in [2.24, 2.45) is 0 Å². The number of para-hydroxylation sites is 1. The Kier molecular flexibility index (Phi) is 4.39. The highest BCUT2D eigenvalue weighted by Crippen LogP contribution is 2.32. The number of rotatable bonds is 2. The SMILES string of the molecule is c1ccc2c(c1)OCCC2NC1CCCCCCC1. The first-order chi connectivity index (χ1) is 9.43. The molecule has 1 aliphatic carbocycles. The van der Waals surface area contributed by atoms with Crippen LogP contribution in [0, 0.1) is 0 Å². The molecule has 0 spiro atoms. The highest BCUT2D eigenvalue weighted by molar-refractivity contribution is 5.37. The summed E-state index contributed by atoms with van der Waals surface area (Å²) in [6.07, 6.45) is 10.9. The Labute approximate surface area is 116 Å². The standard InChI is InChI=1S/C17H25NO/c1-2-4-8-14(9-5-3-1)18-16-12-13-19-17-11-7-6-10-15(16)17/h6-7,10-11,14,16,18H,1-5,8-9,12-13H2. The fraction of sp³-hybridized carbons (Fsp3) is 0.647. The summed E-state index contributed by atoms with van der Waals surface area (Å²) in [5.74, 6) is 1.08.